The molecule has 1 atom stereocenters. The first-order chi connectivity index (χ1) is 11.6. The third-order valence-electron chi connectivity index (χ3n) is 2.88. The highest BCUT2D eigenvalue weighted by atomic mass is 16.5. The predicted octanol–water partition coefficient (Wildman–Crippen LogP) is 2.41. The van der Waals surface area contributed by atoms with Gasteiger partial charge < -0.3 is 15.2 Å². The number of pyridine rings is 1. The lowest BCUT2D eigenvalue weighted by molar-refractivity contribution is -0.0537. The number of amides is 2. The Labute approximate surface area is 139 Å². The van der Waals surface area contributed by atoms with E-state index < -0.39 is 12.1 Å². The van der Waals surface area contributed by atoms with Gasteiger partial charge in [-0.25, -0.2) is 9.78 Å². The minimum atomic E-state index is -0.961. The lowest BCUT2D eigenvalue weighted by atomic mass is 10.3. The minimum absolute atomic E-state index is 0.0873. The topological polar surface area (TPSA) is 97.9 Å². The molecule has 0 aliphatic rings. The zero-order valence-corrected chi connectivity index (χ0v) is 13.0. The van der Waals surface area contributed by atoms with Crippen LogP contribution in [0.1, 0.15) is 6.92 Å². The summed E-state index contributed by atoms with van der Waals surface area (Å²) in [4.78, 5) is 14.8. The molecule has 1 heterocycles. The van der Waals surface area contributed by atoms with Gasteiger partial charge in [-0.2, -0.15) is 5.06 Å². The van der Waals surface area contributed by atoms with Crippen LogP contribution < -0.4 is 15.2 Å². The standard InChI is InChI=1S/C17H17N3O4/c1-13(20(22)17(18)21)6-5-11-23-14-7-4-8-15(12-14)24-16-9-2-3-10-19-16/h2-4,7-10,12-13,22H,11H2,1H3,(H2,18,21). The molecule has 0 spiro atoms. The number of carbonyl (C=O) groups excluding carboxylic acids is 1. The molecule has 7 heteroatoms. The molecule has 2 aromatic rings. The maximum atomic E-state index is 10.8. The van der Waals surface area contributed by atoms with Crippen molar-refractivity contribution >= 4 is 6.03 Å². The average molecular weight is 327 g/mol. The predicted molar refractivity (Wildman–Crippen MR) is 86.7 cm³/mol. The number of hydroxylamine groups is 2. The van der Waals surface area contributed by atoms with Crippen LogP contribution in [0.2, 0.25) is 0 Å². The number of carbonyl (C=O) groups is 1. The molecule has 124 valence electrons. The van der Waals surface area contributed by atoms with E-state index in [1.807, 2.05) is 6.07 Å². The lowest BCUT2D eigenvalue weighted by Gasteiger charge is -2.14. The maximum Gasteiger partial charge on any atom is 0.339 e. The number of urea groups is 1. The normalized spacial score (nSPS) is 10.9. The molecule has 24 heavy (non-hydrogen) atoms. The zero-order valence-electron chi connectivity index (χ0n) is 13.0. The van der Waals surface area contributed by atoms with Crippen molar-refractivity contribution in [3.05, 3.63) is 48.7 Å². The highest BCUT2D eigenvalue weighted by Crippen LogP contribution is 2.23. The van der Waals surface area contributed by atoms with Crippen LogP contribution in [0.4, 0.5) is 4.79 Å². The Hall–Kier alpha value is -3.24. The second-order valence-corrected chi connectivity index (χ2v) is 4.71. The second-order valence-electron chi connectivity index (χ2n) is 4.71. The van der Waals surface area contributed by atoms with Crippen LogP contribution in [0.5, 0.6) is 17.4 Å². The number of hydrogen-bond acceptors (Lipinski definition) is 5. The number of hydrogen-bond donors (Lipinski definition) is 2. The smallest absolute Gasteiger partial charge is 0.339 e. The van der Waals surface area contributed by atoms with Crippen molar-refractivity contribution in [1.29, 1.82) is 0 Å². The summed E-state index contributed by atoms with van der Waals surface area (Å²) in [6.45, 7) is 1.63. The molecule has 0 saturated heterocycles. The van der Waals surface area contributed by atoms with E-state index in [1.165, 1.54) is 0 Å². The molecule has 2 amide bonds. The van der Waals surface area contributed by atoms with Gasteiger partial charge in [-0.1, -0.05) is 24.0 Å². The molecular formula is C17H17N3O4. The van der Waals surface area contributed by atoms with Crippen LogP contribution in [0.25, 0.3) is 0 Å². The molecular weight excluding hydrogens is 310 g/mol. The number of ether oxygens (including phenoxy) is 2. The summed E-state index contributed by atoms with van der Waals surface area (Å²) in [6.07, 6.45) is 1.64. The summed E-state index contributed by atoms with van der Waals surface area (Å²) >= 11 is 0. The number of rotatable bonds is 5. The molecule has 0 radical (unpaired) electrons. The highest BCUT2D eigenvalue weighted by Gasteiger charge is 2.11. The van der Waals surface area contributed by atoms with Crippen LogP contribution in [-0.2, 0) is 0 Å². The Balaban J connectivity index is 1.90. The van der Waals surface area contributed by atoms with E-state index in [2.05, 4.69) is 16.8 Å². The van der Waals surface area contributed by atoms with Gasteiger partial charge in [-0.15, -0.1) is 0 Å². The molecule has 1 aromatic carbocycles. The molecule has 0 aliphatic carbocycles. The summed E-state index contributed by atoms with van der Waals surface area (Å²) in [5.41, 5.74) is 4.93. The van der Waals surface area contributed by atoms with Gasteiger partial charge in [0.15, 0.2) is 0 Å². The van der Waals surface area contributed by atoms with Crippen molar-refractivity contribution in [3.8, 4) is 29.2 Å². The minimum Gasteiger partial charge on any atom is -0.481 e. The van der Waals surface area contributed by atoms with Gasteiger partial charge in [0.25, 0.3) is 0 Å². The number of aromatic nitrogens is 1. The largest absolute Gasteiger partial charge is 0.481 e. The Bertz CT molecular complexity index is 740. The fourth-order valence-electron chi connectivity index (χ4n) is 1.72. The Kier molecular flexibility index (Phi) is 6.00. The first kappa shape index (κ1) is 17.1. The zero-order chi connectivity index (χ0) is 17.4. The van der Waals surface area contributed by atoms with Crippen molar-refractivity contribution in [2.24, 2.45) is 5.73 Å². The van der Waals surface area contributed by atoms with E-state index in [-0.39, 0.29) is 6.61 Å². The molecule has 1 unspecified atom stereocenters. The summed E-state index contributed by atoms with van der Waals surface area (Å²) in [5, 5.41) is 9.64. The second kappa shape index (κ2) is 8.41. The average Bonchev–Trinajstić information content (AvgIpc) is 2.59. The van der Waals surface area contributed by atoms with Gasteiger partial charge >= 0.3 is 6.03 Å². The molecule has 1 aromatic heterocycles. The van der Waals surface area contributed by atoms with E-state index in [9.17, 15) is 10.0 Å². The quantitative estimate of drug-likeness (QED) is 0.499. The number of nitrogens with zero attached hydrogens (tertiary/aromatic N) is 2. The van der Waals surface area contributed by atoms with Gasteiger partial charge in [0.2, 0.25) is 5.88 Å². The molecule has 7 nitrogen and oxygen atoms in total. The first-order valence-corrected chi connectivity index (χ1v) is 7.14. The van der Waals surface area contributed by atoms with Crippen molar-refractivity contribution in [2.45, 2.75) is 13.0 Å². The van der Waals surface area contributed by atoms with E-state index in [0.29, 0.717) is 22.4 Å². The number of primary amides is 1. The lowest BCUT2D eigenvalue weighted by Crippen LogP contribution is -2.38. The fourth-order valence-corrected chi connectivity index (χ4v) is 1.72. The van der Waals surface area contributed by atoms with Gasteiger partial charge in [0, 0.05) is 18.3 Å². The summed E-state index contributed by atoms with van der Waals surface area (Å²) in [6, 6.07) is 10.7. The SMILES string of the molecule is CC(C#CCOc1cccc(Oc2ccccn2)c1)N(O)C(N)=O. The van der Waals surface area contributed by atoms with Crippen molar-refractivity contribution in [1.82, 2.24) is 10.0 Å². The number of nitrogens with two attached hydrogens (primary N) is 1. The van der Waals surface area contributed by atoms with Gasteiger partial charge in [0.1, 0.15) is 24.1 Å². The summed E-state index contributed by atoms with van der Waals surface area (Å²) < 4.78 is 11.1. The van der Waals surface area contributed by atoms with E-state index in [0.717, 1.165) is 0 Å². The van der Waals surface area contributed by atoms with Crippen molar-refractivity contribution < 1.29 is 19.5 Å². The monoisotopic (exact) mass is 327 g/mol. The van der Waals surface area contributed by atoms with E-state index >= 15 is 0 Å². The molecule has 0 bridgehead atoms. The fraction of sp³-hybridized carbons (Fsp3) is 0.176. The van der Waals surface area contributed by atoms with Gasteiger partial charge in [-0.05, 0) is 25.1 Å². The van der Waals surface area contributed by atoms with Crippen LogP contribution in [0, 0.1) is 11.8 Å². The Morgan fingerprint density at radius 2 is 2.12 bits per heavy atom. The third-order valence-corrected chi connectivity index (χ3v) is 2.88. The van der Waals surface area contributed by atoms with Gasteiger partial charge in [0.05, 0.1) is 0 Å². The molecule has 0 aliphatic heterocycles. The van der Waals surface area contributed by atoms with Crippen LogP contribution in [0.15, 0.2) is 48.7 Å². The maximum absolute atomic E-state index is 10.8. The summed E-state index contributed by atoms with van der Waals surface area (Å²) in [5.74, 6) is 6.99. The first-order valence-electron chi connectivity index (χ1n) is 7.14. The number of benzene rings is 1. The molecule has 2 rings (SSSR count). The Morgan fingerprint density at radius 3 is 2.83 bits per heavy atom. The van der Waals surface area contributed by atoms with Crippen LogP contribution in [0.3, 0.4) is 0 Å². The summed E-state index contributed by atoms with van der Waals surface area (Å²) in [7, 11) is 0. The molecule has 3 N–H and O–H groups in total. The molecule has 0 fully saturated rings. The van der Waals surface area contributed by atoms with Crippen molar-refractivity contribution in [3.63, 3.8) is 0 Å². The van der Waals surface area contributed by atoms with Crippen LogP contribution in [-0.4, -0.2) is 33.9 Å². The third kappa shape index (κ3) is 5.19. The highest BCUT2D eigenvalue weighted by molar-refractivity contribution is 5.71. The van der Waals surface area contributed by atoms with Crippen molar-refractivity contribution in [2.75, 3.05) is 6.61 Å². The van der Waals surface area contributed by atoms with Gasteiger partial charge in [-0.3, -0.25) is 5.21 Å². The van der Waals surface area contributed by atoms with Crippen LogP contribution >= 0.6 is 0 Å². The molecule has 0 saturated carbocycles. The van der Waals surface area contributed by atoms with E-state index in [4.69, 9.17) is 15.2 Å². The Morgan fingerprint density at radius 1 is 1.33 bits per heavy atom. The van der Waals surface area contributed by atoms with E-state index in [1.54, 1.807) is 49.5 Å².